The number of carbonyl (C=O) groups excluding carboxylic acids is 2. The summed E-state index contributed by atoms with van der Waals surface area (Å²) in [6.07, 6.45) is 0. The molecule has 3 aromatic rings. The van der Waals surface area contributed by atoms with Gasteiger partial charge < -0.3 is 15.0 Å². The molecule has 0 atom stereocenters. The smallest absolute Gasteiger partial charge is 0.282 e. The Morgan fingerprint density at radius 1 is 0.806 bits per heavy atom. The molecule has 156 valence electrons. The minimum Gasteiger partial charge on any atom is -0.495 e. The first-order chi connectivity index (χ1) is 15.0. The zero-order valence-corrected chi connectivity index (χ0v) is 17.6. The van der Waals surface area contributed by atoms with Gasteiger partial charge in [-0.05, 0) is 42.0 Å². The number of carbonyl (C=O) groups is 2. The van der Waals surface area contributed by atoms with Gasteiger partial charge in [-0.1, -0.05) is 42.5 Å². The van der Waals surface area contributed by atoms with Gasteiger partial charge in [0.1, 0.15) is 11.4 Å². The maximum atomic E-state index is 13.5. The van der Waals surface area contributed by atoms with Gasteiger partial charge in [0, 0.05) is 19.8 Å². The van der Waals surface area contributed by atoms with E-state index in [0.717, 1.165) is 5.69 Å². The standard InChI is InChI=1S/C25H23N3O3/c1-27(2)18-13-15-19(16-14-18)28-24(29)22(17-9-5-4-6-10-17)23(25(28)30)26-20-11-7-8-12-21(20)31-3/h4-16,26H,1-3H3. The van der Waals surface area contributed by atoms with Gasteiger partial charge in [-0.15, -0.1) is 0 Å². The van der Waals surface area contributed by atoms with E-state index in [0.29, 0.717) is 28.3 Å². The fraction of sp³-hybridized carbons (Fsp3) is 0.120. The molecule has 0 unspecified atom stereocenters. The third-order valence-electron chi connectivity index (χ3n) is 5.14. The Morgan fingerprint density at radius 3 is 2.10 bits per heavy atom. The highest BCUT2D eigenvalue weighted by atomic mass is 16.5. The summed E-state index contributed by atoms with van der Waals surface area (Å²) in [5.74, 6) is -0.199. The molecule has 2 amide bonds. The van der Waals surface area contributed by atoms with E-state index in [1.54, 1.807) is 31.4 Å². The van der Waals surface area contributed by atoms with Gasteiger partial charge >= 0.3 is 0 Å². The number of benzene rings is 3. The highest BCUT2D eigenvalue weighted by Crippen LogP contribution is 2.35. The summed E-state index contributed by atoms with van der Waals surface area (Å²) >= 11 is 0. The number of methoxy groups -OCH3 is 1. The number of nitrogens with zero attached hydrogens (tertiary/aromatic N) is 2. The van der Waals surface area contributed by atoms with E-state index in [1.165, 1.54) is 4.90 Å². The largest absolute Gasteiger partial charge is 0.495 e. The molecule has 0 aliphatic carbocycles. The van der Waals surface area contributed by atoms with E-state index in [-0.39, 0.29) is 11.6 Å². The molecule has 1 heterocycles. The van der Waals surface area contributed by atoms with Crippen LogP contribution < -0.4 is 19.9 Å². The molecule has 0 aromatic heterocycles. The minimum absolute atomic E-state index is 0.220. The van der Waals surface area contributed by atoms with E-state index in [9.17, 15) is 9.59 Å². The number of ether oxygens (including phenoxy) is 1. The van der Waals surface area contributed by atoms with Crippen LogP contribution in [0.4, 0.5) is 17.1 Å². The first-order valence-corrected chi connectivity index (χ1v) is 9.87. The molecular formula is C25H23N3O3. The van der Waals surface area contributed by atoms with Crippen LogP contribution in [-0.2, 0) is 9.59 Å². The summed E-state index contributed by atoms with van der Waals surface area (Å²) in [6.45, 7) is 0. The van der Waals surface area contributed by atoms with Gasteiger partial charge in [0.15, 0.2) is 0 Å². The molecule has 1 N–H and O–H groups in total. The number of anilines is 3. The van der Waals surface area contributed by atoms with Crippen molar-refractivity contribution >= 4 is 34.4 Å². The fourth-order valence-corrected chi connectivity index (χ4v) is 3.54. The van der Waals surface area contributed by atoms with Crippen LogP contribution in [0.15, 0.2) is 84.6 Å². The molecular weight excluding hydrogens is 390 g/mol. The highest BCUT2D eigenvalue weighted by molar-refractivity contribution is 6.46. The van der Waals surface area contributed by atoms with Crippen LogP contribution in [-0.4, -0.2) is 33.0 Å². The van der Waals surface area contributed by atoms with Gasteiger partial charge in [-0.3, -0.25) is 9.59 Å². The van der Waals surface area contributed by atoms with Crippen molar-refractivity contribution in [2.24, 2.45) is 0 Å². The lowest BCUT2D eigenvalue weighted by Gasteiger charge is -2.18. The first kappa shape index (κ1) is 20.2. The normalized spacial score (nSPS) is 13.6. The van der Waals surface area contributed by atoms with Crippen LogP contribution in [0.5, 0.6) is 5.75 Å². The Kier molecular flexibility index (Phi) is 5.45. The average molecular weight is 413 g/mol. The quantitative estimate of drug-likeness (QED) is 0.615. The molecule has 6 heteroatoms. The number of para-hydroxylation sites is 2. The van der Waals surface area contributed by atoms with Crippen molar-refractivity contribution in [1.82, 2.24) is 0 Å². The Morgan fingerprint density at radius 2 is 1.45 bits per heavy atom. The molecule has 0 bridgehead atoms. The van der Waals surface area contributed by atoms with E-state index >= 15 is 0 Å². The second kappa shape index (κ2) is 8.36. The molecule has 6 nitrogen and oxygen atoms in total. The van der Waals surface area contributed by atoms with Crippen molar-refractivity contribution in [2.45, 2.75) is 0 Å². The summed E-state index contributed by atoms with van der Waals surface area (Å²) < 4.78 is 5.41. The van der Waals surface area contributed by atoms with Crippen molar-refractivity contribution in [3.63, 3.8) is 0 Å². The zero-order chi connectivity index (χ0) is 22.0. The summed E-state index contributed by atoms with van der Waals surface area (Å²) in [4.78, 5) is 30.1. The van der Waals surface area contributed by atoms with E-state index in [2.05, 4.69) is 5.32 Å². The summed E-state index contributed by atoms with van der Waals surface area (Å²) in [6, 6.07) is 23.8. The summed E-state index contributed by atoms with van der Waals surface area (Å²) in [7, 11) is 5.43. The van der Waals surface area contributed by atoms with Gasteiger partial charge in [-0.2, -0.15) is 0 Å². The number of amides is 2. The number of hydrogen-bond donors (Lipinski definition) is 1. The van der Waals surface area contributed by atoms with Gasteiger partial charge in [0.2, 0.25) is 0 Å². The third-order valence-corrected chi connectivity index (χ3v) is 5.14. The van der Waals surface area contributed by atoms with Crippen LogP contribution in [0, 0.1) is 0 Å². The van der Waals surface area contributed by atoms with Gasteiger partial charge in [0.05, 0.1) is 24.1 Å². The predicted molar refractivity (Wildman–Crippen MR) is 123 cm³/mol. The van der Waals surface area contributed by atoms with Crippen molar-refractivity contribution < 1.29 is 14.3 Å². The number of imide groups is 1. The van der Waals surface area contributed by atoms with Crippen LogP contribution in [0.1, 0.15) is 5.56 Å². The van der Waals surface area contributed by atoms with Crippen LogP contribution >= 0.6 is 0 Å². The minimum atomic E-state index is -0.410. The second-order valence-electron chi connectivity index (χ2n) is 7.30. The lowest BCUT2D eigenvalue weighted by atomic mass is 10.0. The van der Waals surface area contributed by atoms with E-state index in [4.69, 9.17) is 4.74 Å². The molecule has 0 saturated heterocycles. The maximum Gasteiger partial charge on any atom is 0.282 e. The van der Waals surface area contributed by atoms with Crippen molar-refractivity contribution in [1.29, 1.82) is 0 Å². The molecule has 3 aromatic carbocycles. The predicted octanol–water partition coefficient (Wildman–Crippen LogP) is 4.16. The van der Waals surface area contributed by atoms with Crippen molar-refractivity contribution in [3.8, 4) is 5.75 Å². The van der Waals surface area contributed by atoms with Gasteiger partial charge in [0.25, 0.3) is 11.8 Å². The first-order valence-electron chi connectivity index (χ1n) is 9.87. The highest BCUT2D eigenvalue weighted by Gasteiger charge is 2.40. The summed E-state index contributed by atoms with van der Waals surface area (Å²) in [5, 5.41) is 3.15. The van der Waals surface area contributed by atoms with Crippen molar-refractivity contribution in [2.75, 3.05) is 36.3 Å². The van der Waals surface area contributed by atoms with E-state index in [1.807, 2.05) is 73.6 Å². The molecule has 1 aliphatic rings. The molecule has 0 radical (unpaired) electrons. The Bertz CT molecular complexity index is 1150. The number of rotatable bonds is 6. The molecule has 31 heavy (non-hydrogen) atoms. The van der Waals surface area contributed by atoms with Crippen LogP contribution in [0.3, 0.4) is 0 Å². The maximum absolute atomic E-state index is 13.5. The Hall–Kier alpha value is -4.06. The molecule has 0 fully saturated rings. The average Bonchev–Trinajstić information content (AvgIpc) is 3.04. The van der Waals surface area contributed by atoms with Crippen LogP contribution in [0.2, 0.25) is 0 Å². The molecule has 0 spiro atoms. The fourth-order valence-electron chi connectivity index (χ4n) is 3.54. The topological polar surface area (TPSA) is 61.9 Å². The molecule has 0 saturated carbocycles. The molecule has 1 aliphatic heterocycles. The van der Waals surface area contributed by atoms with Crippen molar-refractivity contribution in [3.05, 3.63) is 90.1 Å². The van der Waals surface area contributed by atoms with E-state index < -0.39 is 5.91 Å². The monoisotopic (exact) mass is 413 g/mol. The number of hydrogen-bond acceptors (Lipinski definition) is 5. The lowest BCUT2D eigenvalue weighted by Crippen LogP contribution is -2.32. The molecule has 4 rings (SSSR count). The number of nitrogens with one attached hydrogen (secondary N) is 1. The van der Waals surface area contributed by atoms with Gasteiger partial charge in [-0.25, -0.2) is 4.90 Å². The Labute approximate surface area is 181 Å². The second-order valence-corrected chi connectivity index (χ2v) is 7.30. The Balaban J connectivity index is 1.79. The zero-order valence-electron chi connectivity index (χ0n) is 17.6. The SMILES string of the molecule is COc1ccccc1NC1=C(c2ccccc2)C(=O)N(c2ccc(N(C)C)cc2)C1=O. The summed E-state index contributed by atoms with van der Waals surface area (Å²) in [5.41, 5.74) is 3.33. The lowest BCUT2D eigenvalue weighted by molar-refractivity contribution is -0.120. The van der Waals surface area contributed by atoms with Crippen LogP contribution in [0.25, 0.3) is 5.57 Å². The third kappa shape index (κ3) is 3.75.